The molecule has 0 saturated carbocycles. The molecule has 1 aliphatic rings. The van der Waals surface area contributed by atoms with E-state index in [0.29, 0.717) is 12.8 Å². The van der Waals surface area contributed by atoms with Gasteiger partial charge in [0, 0.05) is 25.3 Å². The quantitative estimate of drug-likeness (QED) is 0.801. The van der Waals surface area contributed by atoms with E-state index < -0.39 is 7.60 Å². The van der Waals surface area contributed by atoms with E-state index in [1.54, 1.807) is 0 Å². The summed E-state index contributed by atoms with van der Waals surface area (Å²) in [6, 6.07) is 0. The number of likely N-dealkylation sites (tertiary alicyclic amines) is 1. The summed E-state index contributed by atoms with van der Waals surface area (Å²) in [6.45, 7) is 8.19. The molecule has 108 valence electrons. The highest BCUT2D eigenvalue weighted by molar-refractivity contribution is 7.53. The van der Waals surface area contributed by atoms with Gasteiger partial charge in [-0.25, -0.2) is 0 Å². The summed E-state index contributed by atoms with van der Waals surface area (Å²) in [7, 11) is -0.273. The molecule has 1 aliphatic heterocycles. The van der Waals surface area contributed by atoms with Crippen LogP contribution in [-0.2, 0) is 13.6 Å². The Bertz CT molecular complexity index is 317. The maximum absolute atomic E-state index is 12.3. The molecule has 0 aromatic carbocycles. The smallest absolute Gasteiger partial charge is 0.344 e. The van der Waals surface area contributed by atoms with Gasteiger partial charge in [0.2, 0.25) is 0 Å². The van der Waals surface area contributed by atoms with Crippen LogP contribution < -0.4 is 0 Å². The summed E-state index contributed by atoms with van der Waals surface area (Å²) < 4.78 is 22.4. The summed E-state index contributed by atoms with van der Waals surface area (Å²) in [6.07, 6.45) is 1.23. The third-order valence-corrected chi connectivity index (χ3v) is 5.54. The van der Waals surface area contributed by atoms with E-state index in [1.165, 1.54) is 14.2 Å². The van der Waals surface area contributed by atoms with Gasteiger partial charge >= 0.3 is 7.60 Å². The Morgan fingerprint density at radius 2 is 1.56 bits per heavy atom. The molecular formula is C12H26NO4P. The highest BCUT2D eigenvalue weighted by Gasteiger charge is 2.47. The monoisotopic (exact) mass is 279 g/mol. The number of piperidine rings is 1. The fourth-order valence-electron chi connectivity index (χ4n) is 3.01. The van der Waals surface area contributed by atoms with Crippen molar-refractivity contribution < 1.29 is 18.7 Å². The van der Waals surface area contributed by atoms with Gasteiger partial charge in [-0.3, -0.25) is 9.46 Å². The SMILES string of the molecule is COP(=O)(CN1C(C)(C)CC(O)CC1(C)C)OC. The molecule has 0 atom stereocenters. The van der Waals surface area contributed by atoms with Crippen LogP contribution in [0.5, 0.6) is 0 Å². The lowest BCUT2D eigenvalue weighted by atomic mass is 9.79. The van der Waals surface area contributed by atoms with Gasteiger partial charge in [0.1, 0.15) is 6.29 Å². The average Bonchev–Trinajstić information content (AvgIpc) is 2.21. The molecule has 0 spiro atoms. The van der Waals surface area contributed by atoms with Crippen LogP contribution in [0.4, 0.5) is 0 Å². The largest absolute Gasteiger partial charge is 0.393 e. The molecule has 6 heteroatoms. The van der Waals surface area contributed by atoms with Crippen molar-refractivity contribution in [1.82, 2.24) is 4.90 Å². The fourth-order valence-corrected chi connectivity index (χ4v) is 4.50. The van der Waals surface area contributed by atoms with E-state index in [1.807, 2.05) is 27.7 Å². The third-order valence-electron chi connectivity index (χ3n) is 3.80. The number of aliphatic hydroxyl groups excluding tert-OH is 1. The number of aliphatic hydroxyl groups is 1. The lowest BCUT2D eigenvalue weighted by Gasteiger charge is -2.54. The Labute approximate surface area is 110 Å². The number of hydrogen-bond donors (Lipinski definition) is 1. The zero-order valence-corrected chi connectivity index (χ0v) is 13.2. The first-order valence-electron chi connectivity index (χ1n) is 6.23. The predicted molar refractivity (Wildman–Crippen MR) is 71.7 cm³/mol. The second kappa shape index (κ2) is 5.22. The van der Waals surface area contributed by atoms with Crippen molar-refractivity contribution in [2.24, 2.45) is 0 Å². The highest BCUT2D eigenvalue weighted by atomic mass is 31.2. The van der Waals surface area contributed by atoms with Gasteiger partial charge in [0.05, 0.1) is 6.10 Å². The van der Waals surface area contributed by atoms with E-state index in [9.17, 15) is 9.67 Å². The standard InChI is InChI=1S/C12H26NO4P/c1-11(2)7-10(14)8-12(3,4)13(11)9-18(15,16-5)17-6/h10,14H,7-9H2,1-6H3. The minimum absolute atomic E-state index is 0.242. The summed E-state index contributed by atoms with van der Waals surface area (Å²) in [4.78, 5) is 2.13. The molecule has 0 bridgehead atoms. The minimum Gasteiger partial charge on any atom is -0.393 e. The number of rotatable bonds is 4. The Balaban J connectivity index is 3.00. The van der Waals surface area contributed by atoms with Gasteiger partial charge in [-0.15, -0.1) is 0 Å². The van der Waals surface area contributed by atoms with Crippen LogP contribution in [0.25, 0.3) is 0 Å². The maximum Gasteiger partial charge on any atom is 0.344 e. The Morgan fingerprint density at radius 3 is 1.89 bits per heavy atom. The third kappa shape index (κ3) is 3.34. The first-order chi connectivity index (χ1) is 8.06. The van der Waals surface area contributed by atoms with E-state index in [4.69, 9.17) is 9.05 Å². The molecule has 1 rings (SSSR count). The number of nitrogens with zero attached hydrogens (tertiary/aromatic N) is 1. The molecule has 1 N–H and O–H groups in total. The van der Waals surface area contributed by atoms with Gasteiger partial charge in [0.15, 0.2) is 0 Å². The van der Waals surface area contributed by atoms with Crippen molar-refractivity contribution in [3.63, 3.8) is 0 Å². The first kappa shape index (κ1) is 16.1. The first-order valence-corrected chi connectivity index (χ1v) is 7.95. The zero-order chi connectivity index (χ0) is 14.2. The van der Waals surface area contributed by atoms with Crippen LogP contribution in [0.3, 0.4) is 0 Å². The van der Waals surface area contributed by atoms with Gasteiger partial charge in [-0.05, 0) is 40.5 Å². The molecule has 5 nitrogen and oxygen atoms in total. The van der Waals surface area contributed by atoms with Crippen LogP contribution in [0.1, 0.15) is 40.5 Å². The maximum atomic E-state index is 12.3. The molecule has 18 heavy (non-hydrogen) atoms. The van der Waals surface area contributed by atoms with E-state index in [-0.39, 0.29) is 23.5 Å². The van der Waals surface area contributed by atoms with Crippen molar-refractivity contribution in [2.75, 3.05) is 20.5 Å². The molecule has 0 unspecified atom stereocenters. The predicted octanol–water partition coefficient (Wildman–Crippen LogP) is 2.44. The highest BCUT2D eigenvalue weighted by Crippen LogP contribution is 2.51. The van der Waals surface area contributed by atoms with E-state index in [2.05, 4.69) is 4.90 Å². The molecule has 0 aliphatic carbocycles. The lowest BCUT2D eigenvalue weighted by molar-refractivity contribution is -0.0726. The van der Waals surface area contributed by atoms with Gasteiger partial charge < -0.3 is 14.2 Å². The molecule has 1 fully saturated rings. The molecule has 1 saturated heterocycles. The lowest BCUT2D eigenvalue weighted by Crippen LogP contribution is -2.61. The van der Waals surface area contributed by atoms with Gasteiger partial charge in [-0.1, -0.05) is 0 Å². The van der Waals surface area contributed by atoms with Crippen molar-refractivity contribution >= 4 is 7.60 Å². The minimum atomic E-state index is -3.08. The second-order valence-corrected chi connectivity index (χ2v) is 8.47. The summed E-state index contributed by atoms with van der Waals surface area (Å²) in [5.41, 5.74) is -0.484. The molecule has 0 aromatic heterocycles. The molecule has 0 radical (unpaired) electrons. The van der Waals surface area contributed by atoms with Crippen molar-refractivity contribution in [2.45, 2.75) is 57.7 Å². The van der Waals surface area contributed by atoms with Gasteiger partial charge in [-0.2, -0.15) is 0 Å². The zero-order valence-electron chi connectivity index (χ0n) is 12.3. The van der Waals surface area contributed by atoms with Crippen LogP contribution in [0.2, 0.25) is 0 Å². The normalized spacial score (nSPS) is 25.3. The summed E-state index contributed by atoms with van der Waals surface area (Å²) in [5, 5.41) is 9.95. The Kier molecular flexibility index (Phi) is 4.67. The topological polar surface area (TPSA) is 59.0 Å². The fraction of sp³-hybridized carbons (Fsp3) is 1.00. The van der Waals surface area contributed by atoms with Gasteiger partial charge in [0.25, 0.3) is 0 Å². The summed E-state index contributed by atoms with van der Waals surface area (Å²) >= 11 is 0. The second-order valence-electron chi connectivity index (χ2n) is 6.23. The van der Waals surface area contributed by atoms with Crippen LogP contribution in [0, 0.1) is 0 Å². The average molecular weight is 279 g/mol. The van der Waals surface area contributed by atoms with E-state index >= 15 is 0 Å². The molecule has 0 amide bonds. The van der Waals surface area contributed by atoms with Crippen LogP contribution >= 0.6 is 7.60 Å². The molecule has 1 heterocycles. The van der Waals surface area contributed by atoms with Crippen LogP contribution in [-0.4, -0.2) is 47.7 Å². The van der Waals surface area contributed by atoms with Crippen molar-refractivity contribution in [1.29, 1.82) is 0 Å². The van der Waals surface area contributed by atoms with Crippen molar-refractivity contribution in [3.8, 4) is 0 Å². The Morgan fingerprint density at radius 1 is 1.17 bits per heavy atom. The number of hydrogen-bond acceptors (Lipinski definition) is 5. The Hall–Kier alpha value is 0.0700. The summed E-state index contributed by atoms with van der Waals surface area (Å²) in [5.74, 6) is 0. The van der Waals surface area contributed by atoms with Crippen LogP contribution in [0.15, 0.2) is 0 Å². The van der Waals surface area contributed by atoms with Crippen molar-refractivity contribution in [3.05, 3.63) is 0 Å². The molecular weight excluding hydrogens is 253 g/mol. The van der Waals surface area contributed by atoms with E-state index in [0.717, 1.165) is 0 Å². The molecule has 0 aromatic rings.